The maximum absolute atomic E-state index is 12.3. The SMILES string of the molecule is CCOC(=O)c1cncnc1C(F)F. The van der Waals surface area contributed by atoms with Gasteiger partial charge in [0.25, 0.3) is 6.43 Å². The monoisotopic (exact) mass is 202 g/mol. The molecule has 1 aromatic rings. The quantitative estimate of drug-likeness (QED) is 0.698. The maximum Gasteiger partial charge on any atom is 0.341 e. The molecule has 6 heteroatoms. The Morgan fingerprint density at radius 1 is 1.64 bits per heavy atom. The molecule has 1 aromatic heterocycles. The van der Waals surface area contributed by atoms with Crippen LogP contribution in [0.25, 0.3) is 0 Å². The predicted octanol–water partition coefficient (Wildman–Crippen LogP) is 1.59. The van der Waals surface area contributed by atoms with Gasteiger partial charge in [-0.2, -0.15) is 0 Å². The number of esters is 1. The van der Waals surface area contributed by atoms with E-state index >= 15 is 0 Å². The lowest BCUT2D eigenvalue weighted by molar-refractivity contribution is 0.0512. The highest BCUT2D eigenvalue weighted by Crippen LogP contribution is 2.19. The molecule has 0 unspecified atom stereocenters. The first-order chi connectivity index (χ1) is 6.66. The lowest BCUT2D eigenvalue weighted by Gasteiger charge is -2.05. The minimum absolute atomic E-state index is 0.121. The molecule has 0 amide bonds. The van der Waals surface area contributed by atoms with E-state index in [1.807, 2.05) is 0 Å². The molecule has 14 heavy (non-hydrogen) atoms. The summed E-state index contributed by atoms with van der Waals surface area (Å²) in [5.41, 5.74) is -0.886. The van der Waals surface area contributed by atoms with Gasteiger partial charge in [0.1, 0.15) is 17.6 Å². The molecule has 0 aliphatic rings. The van der Waals surface area contributed by atoms with Crippen LogP contribution in [-0.4, -0.2) is 22.5 Å². The lowest BCUT2D eigenvalue weighted by atomic mass is 10.2. The van der Waals surface area contributed by atoms with Crippen molar-refractivity contribution in [2.75, 3.05) is 6.61 Å². The molecule has 0 radical (unpaired) electrons. The first-order valence-corrected chi connectivity index (χ1v) is 3.92. The molecule has 0 atom stereocenters. The Morgan fingerprint density at radius 2 is 2.36 bits per heavy atom. The summed E-state index contributed by atoms with van der Waals surface area (Å²) >= 11 is 0. The molecule has 1 heterocycles. The molecule has 1 rings (SSSR count). The van der Waals surface area contributed by atoms with Gasteiger partial charge in [-0.1, -0.05) is 0 Å². The second-order valence-corrected chi connectivity index (χ2v) is 2.34. The van der Waals surface area contributed by atoms with E-state index < -0.39 is 18.1 Å². The second-order valence-electron chi connectivity index (χ2n) is 2.34. The standard InChI is InChI=1S/C8H8F2N2O2/c1-2-14-8(13)5-3-11-4-12-6(5)7(9)10/h3-4,7H,2H2,1H3. The van der Waals surface area contributed by atoms with Crippen LogP contribution in [0.2, 0.25) is 0 Å². The molecule has 0 spiro atoms. The average molecular weight is 202 g/mol. The summed E-state index contributed by atoms with van der Waals surface area (Å²) in [6.07, 6.45) is -0.825. The van der Waals surface area contributed by atoms with Gasteiger partial charge in [0.15, 0.2) is 0 Å². The molecule has 76 valence electrons. The van der Waals surface area contributed by atoms with Crippen molar-refractivity contribution in [3.8, 4) is 0 Å². The largest absolute Gasteiger partial charge is 0.462 e. The summed E-state index contributed by atoms with van der Waals surface area (Å²) in [5, 5.41) is 0. The minimum Gasteiger partial charge on any atom is -0.462 e. The summed E-state index contributed by atoms with van der Waals surface area (Å²) in [4.78, 5) is 17.9. The third-order valence-electron chi connectivity index (χ3n) is 1.45. The highest BCUT2D eigenvalue weighted by atomic mass is 19.3. The van der Waals surface area contributed by atoms with Crippen molar-refractivity contribution in [1.29, 1.82) is 0 Å². The van der Waals surface area contributed by atoms with Crippen LogP contribution in [0.3, 0.4) is 0 Å². The highest BCUT2D eigenvalue weighted by molar-refractivity contribution is 5.90. The van der Waals surface area contributed by atoms with Crippen LogP contribution in [0, 0.1) is 0 Å². The summed E-state index contributed by atoms with van der Waals surface area (Å²) in [7, 11) is 0. The third kappa shape index (κ3) is 2.21. The van der Waals surface area contributed by atoms with E-state index in [1.54, 1.807) is 6.92 Å². The number of hydrogen-bond acceptors (Lipinski definition) is 4. The summed E-state index contributed by atoms with van der Waals surface area (Å²) < 4.78 is 29.2. The number of nitrogens with zero attached hydrogens (tertiary/aromatic N) is 2. The van der Waals surface area contributed by atoms with Crippen molar-refractivity contribution >= 4 is 5.97 Å². The van der Waals surface area contributed by atoms with Crippen molar-refractivity contribution < 1.29 is 18.3 Å². The second kappa shape index (κ2) is 4.59. The number of ether oxygens (including phenoxy) is 1. The third-order valence-corrected chi connectivity index (χ3v) is 1.45. The smallest absolute Gasteiger partial charge is 0.341 e. The Morgan fingerprint density at radius 3 is 2.93 bits per heavy atom. The van der Waals surface area contributed by atoms with Crippen LogP contribution in [0.5, 0.6) is 0 Å². The van der Waals surface area contributed by atoms with Gasteiger partial charge in [-0.3, -0.25) is 0 Å². The number of aromatic nitrogens is 2. The van der Waals surface area contributed by atoms with Crippen molar-refractivity contribution in [2.45, 2.75) is 13.3 Å². The Balaban J connectivity index is 3.00. The molecule has 0 aromatic carbocycles. The molecule has 0 saturated carbocycles. The van der Waals surface area contributed by atoms with E-state index in [-0.39, 0.29) is 12.2 Å². The molecule has 0 fully saturated rings. The number of carbonyl (C=O) groups excluding carboxylic acids is 1. The molecular weight excluding hydrogens is 194 g/mol. The molecule has 0 saturated heterocycles. The van der Waals surface area contributed by atoms with Crippen LogP contribution >= 0.6 is 0 Å². The summed E-state index contributed by atoms with van der Waals surface area (Å²) in [5.74, 6) is -0.830. The van der Waals surface area contributed by atoms with E-state index in [0.29, 0.717) is 0 Å². The highest BCUT2D eigenvalue weighted by Gasteiger charge is 2.20. The molecule has 0 N–H and O–H groups in total. The molecule has 4 nitrogen and oxygen atoms in total. The number of rotatable bonds is 3. The number of carbonyl (C=O) groups is 1. The van der Waals surface area contributed by atoms with Crippen LogP contribution < -0.4 is 0 Å². The van der Waals surface area contributed by atoms with E-state index in [9.17, 15) is 13.6 Å². The minimum atomic E-state index is -2.81. The van der Waals surface area contributed by atoms with Gasteiger partial charge in [-0.25, -0.2) is 23.5 Å². The van der Waals surface area contributed by atoms with Gasteiger partial charge in [-0.15, -0.1) is 0 Å². The Kier molecular flexibility index (Phi) is 3.44. The van der Waals surface area contributed by atoms with Gasteiger partial charge >= 0.3 is 5.97 Å². The van der Waals surface area contributed by atoms with Crippen LogP contribution in [0.4, 0.5) is 8.78 Å². The molecule has 0 aliphatic heterocycles. The fourth-order valence-electron chi connectivity index (χ4n) is 0.879. The predicted molar refractivity (Wildman–Crippen MR) is 42.9 cm³/mol. The van der Waals surface area contributed by atoms with Gasteiger partial charge in [0, 0.05) is 6.20 Å². The van der Waals surface area contributed by atoms with E-state index in [0.717, 1.165) is 12.5 Å². The topological polar surface area (TPSA) is 52.1 Å². The Hall–Kier alpha value is -1.59. The zero-order chi connectivity index (χ0) is 10.6. The fourth-order valence-corrected chi connectivity index (χ4v) is 0.879. The number of hydrogen-bond donors (Lipinski definition) is 0. The van der Waals surface area contributed by atoms with E-state index in [1.165, 1.54) is 0 Å². The van der Waals surface area contributed by atoms with Gasteiger partial charge in [-0.05, 0) is 6.92 Å². The van der Waals surface area contributed by atoms with Crippen molar-refractivity contribution in [1.82, 2.24) is 9.97 Å². The zero-order valence-electron chi connectivity index (χ0n) is 7.41. The van der Waals surface area contributed by atoms with Crippen molar-refractivity contribution in [3.05, 3.63) is 23.8 Å². The van der Waals surface area contributed by atoms with Crippen LogP contribution in [0.15, 0.2) is 12.5 Å². The molecular formula is C8H8F2N2O2. The Bertz CT molecular complexity index is 331. The average Bonchev–Trinajstić information content (AvgIpc) is 2.18. The van der Waals surface area contributed by atoms with Crippen molar-refractivity contribution in [3.63, 3.8) is 0 Å². The normalized spacial score (nSPS) is 10.3. The summed E-state index contributed by atoms with van der Waals surface area (Å²) in [6, 6.07) is 0. The number of halogens is 2. The van der Waals surface area contributed by atoms with Gasteiger partial charge in [0.2, 0.25) is 0 Å². The van der Waals surface area contributed by atoms with E-state index in [4.69, 9.17) is 0 Å². The zero-order valence-corrected chi connectivity index (χ0v) is 7.41. The van der Waals surface area contributed by atoms with Gasteiger partial charge in [0.05, 0.1) is 6.61 Å². The number of alkyl halides is 2. The molecule has 0 bridgehead atoms. The van der Waals surface area contributed by atoms with E-state index in [2.05, 4.69) is 14.7 Å². The summed E-state index contributed by atoms with van der Waals surface area (Å²) in [6.45, 7) is 1.71. The first kappa shape index (κ1) is 10.5. The van der Waals surface area contributed by atoms with Gasteiger partial charge < -0.3 is 4.74 Å². The maximum atomic E-state index is 12.3. The fraction of sp³-hybridized carbons (Fsp3) is 0.375. The first-order valence-electron chi connectivity index (χ1n) is 3.92. The Labute approximate surface area is 78.9 Å². The lowest BCUT2D eigenvalue weighted by Crippen LogP contribution is -2.10. The van der Waals surface area contributed by atoms with Crippen LogP contribution in [-0.2, 0) is 4.74 Å². The molecule has 0 aliphatic carbocycles. The van der Waals surface area contributed by atoms with Crippen LogP contribution in [0.1, 0.15) is 29.4 Å². The van der Waals surface area contributed by atoms with Crippen molar-refractivity contribution in [2.24, 2.45) is 0 Å².